The molecule has 0 aliphatic rings. The number of rotatable bonds is 4. The molecule has 3 nitrogen and oxygen atoms in total. The maximum atomic E-state index is 13.1. The number of alkyl halides is 2. The summed E-state index contributed by atoms with van der Waals surface area (Å²) in [4.78, 5) is 7.33. The molecular weight excluding hydrogens is 255 g/mol. The van der Waals surface area contributed by atoms with Crippen molar-refractivity contribution in [2.24, 2.45) is 0 Å². The van der Waals surface area contributed by atoms with Crippen LogP contribution in [-0.2, 0) is 6.54 Å². The molecule has 2 rings (SSSR count). The highest BCUT2D eigenvalue weighted by Gasteiger charge is 2.13. The fraction of sp³-hybridized carbons (Fsp3) is 0.308. The van der Waals surface area contributed by atoms with E-state index >= 15 is 0 Å². The van der Waals surface area contributed by atoms with Crippen molar-refractivity contribution in [2.45, 2.75) is 26.8 Å². The third-order valence-electron chi connectivity index (χ3n) is 2.87. The van der Waals surface area contributed by atoms with Crippen LogP contribution in [0.15, 0.2) is 18.2 Å². The molecule has 0 aliphatic carbocycles. The van der Waals surface area contributed by atoms with E-state index in [0.29, 0.717) is 18.1 Å². The number of halogens is 3. The van der Waals surface area contributed by atoms with Crippen LogP contribution in [0.2, 0.25) is 0 Å². The Kier molecular flexibility index (Phi) is 3.78. The van der Waals surface area contributed by atoms with E-state index in [0.717, 1.165) is 23.5 Å². The van der Waals surface area contributed by atoms with Crippen molar-refractivity contribution in [1.82, 2.24) is 9.97 Å². The summed E-state index contributed by atoms with van der Waals surface area (Å²) < 4.78 is 38.2. The summed E-state index contributed by atoms with van der Waals surface area (Å²) >= 11 is 0. The van der Waals surface area contributed by atoms with Gasteiger partial charge in [-0.1, -0.05) is 0 Å². The number of nitrogens with zero attached hydrogens (tertiary/aromatic N) is 1. The predicted molar refractivity (Wildman–Crippen MR) is 66.7 cm³/mol. The summed E-state index contributed by atoms with van der Waals surface area (Å²) in [6.45, 7) is 4.14. The number of aryl methyl sites for hydroxylation is 2. The van der Waals surface area contributed by atoms with Gasteiger partial charge in [0.1, 0.15) is 11.6 Å². The van der Waals surface area contributed by atoms with Crippen molar-refractivity contribution in [3.8, 4) is 0 Å². The van der Waals surface area contributed by atoms with Crippen LogP contribution in [0.1, 0.15) is 29.2 Å². The fourth-order valence-electron chi connectivity index (χ4n) is 1.71. The Bertz CT molecular complexity index is 559. The normalized spacial score (nSPS) is 11.1. The first-order valence-electron chi connectivity index (χ1n) is 5.81. The smallest absolute Gasteiger partial charge is 0.266 e. The second-order valence-electron chi connectivity index (χ2n) is 4.28. The first kappa shape index (κ1) is 13.5. The second kappa shape index (κ2) is 5.34. The largest absolute Gasteiger partial charge is 0.378 e. The van der Waals surface area contributed by atoms with E-state index in [4.69, 9.17) is 0 Å². The van der Waals surface area contributed by atoms with Crippen LogP contribution in [0.3, 0.4) is 0 Å². The standard InChI is InChI=1S/C13H14F3N3/c1-7-8(2)19-12(18-7)6-17-9-3-4-11(14)10(5-9)13(15)16/h3-5,13,17H,6H2,1-2H3,(H,18,19). The lowest BCUT2D eigenvalue weighted by Gasteiger charge is -2.07. The average Bonchev–Trinajstić information content (AvgIpc) is 2.67. The van der Waals surface area contributed by atoms with Crippen molar-refractivity contribution in [3.63, 3.8) is 0 Å². The second-order valence-corrected chi connectivity index (χ2v) is 4.28. The van der Waals surface area contributed by atoms with E-state index in [-0.39, 0.29) is 0 Å². The van der Waals surface area contributed by atoms with Crippen molar-refractivity contribution in [1.29, 1.82) is 0 Å². The lowest BCUT2D eigenvalue weighted by atomic mass is 10.2. The Labute approximate surface area is 108 Å². The van der Waals surface area contributed by atoms with Crippen LogP contribution in [0.25, 0.3) is 0 Å². The van der Waals surface area contributed by atoms with Crippen LogP contribution in [0.4, 0.5) is 18.9 Å². The number of hydrogen-bond donors (Lipinski definition) is 2. The molecule has 1 aromatic heterocycles. The van der Waals surface area contributed by atoms with Crippen molar-refractivity contribution in [3.05, 3.63) is 46.8 Å². The number of hydrogen-bond acceptors (Lipinski definition) is 2. The van der Waals surface area contributed by atoms with E-state index in [9.17, 15) is 13.2 Å². The minimum absolute atomic E-state index is 0.364. The lowest BCUT2D eigenvalue weighted by Crippen LogP contribution is -2.02. The number of nitrogens with one attached hydrogen (secondary N) is 2. The van der Waals surface area contributed by atoms with Crippen LogP contribution in [0.5, 0.6) is 0 Å². The van der Waals surface area contributed by atoms with Gasteiger partial charge in [-0.25, -0.2) is 18.2 Å². The number of H-pyrrole nitrogens is 1. The molecular formula is C13H14F3N3. The van der Waals surface area contributed by atoms with E-state index in [1.165, 1.54) is 6.07 Å². The predicted octanol–water partition coefficient (Wildman–Crippen LogP) is 3.72. The summed E-state index contributed by atoms with van der Waals surface area (Å²) in [6.07, 6.45) is -2.82. The van der Waals surface area contributed by atoms with Gasteiger partial charge in [0, 0.05) is 11.4 Å². The number of anilines is 1. The topological polar surface area (TPSA) is 40.7 Å². The van der Waals surface area contributed by atoms with Crippen LogP contribution in [-0.4, -0.2) is 9.97 Å². The van der Waals surface area contributed by atoms with Crippen molar-refractivity contribution >= 4 is 5.69 Å². The molecule has 2 aromatic rings. The number of aromatic amines is 1. The molecule has 0 spiro atoms. The number of benzene rings is 1. The van der Waals surface area contributed by atoms with Gasteiger partial charge in [0.25, 0.3) is 6.43 Å². The molecule has 0 bridgehead atoms. The molecule has 0 amide bonds. The summed E-state index contributed by atoms with van der Waals surface area (Å²) in [5.41, 5.74) is 1.69. The average molecular weight is 269 g/mol. The summed E-state index contributed by atoms with van der Waals surface area (Å²) in [5.74, 6) is -0.192. The molecule has 0 saturated carbocycles. The fourth-order valence-corrected chi connectivity index (χ4v) is 1.71. The van der Waals surface area contributed by atoms with Crippen LogP contribution < -0.4 is 5.32 Å². The van der Waals surface area contributed by atoms with Gasteiger partial charge < -0.3 is 10.3 Å². The maximum Gasteiger partial charge on any atom is 0.266 e. The monoisotopic (exact) mass is 269 g/mol. The molecule has 0 radical (unpaired) electrons. The molecule has 1 aromatic carbocycles. The summed E-state index contributed by atoms with van der Waals surface area (Å²) in [5, 5.41) is 2.93. The molecule has 0 fully saturated rings. The van der Waals surface area contributed by atoms with E-state index in [1.54, 1.807) is 0 Å². The third kappa shape index (κ3) is 3.07. The Morgan fingerprint density at radius 3 is 2.63 bits per heavy atom. The highest BCUT2D eigenvalue weighted by molar-refractivity contribution is 5.46. The molecule has 19 heavy (non-hydrogen) atoms. The van der Waals surface area contributed by atoms with Gasteiger partial charge in [0.05, 0.1) is 17.8 Å². The molecule has 0 aliphatic heterocycles. The van der Waals surface area contributed by atoms with Gasteiger partial charge in [-0.05, 0) is 32.0 Å². The first-order chi connectivity index (χ1) is 8.97. The molecule has 1 heterocycles. The first-order valence-corrected chi connectivity index (χ1v) is 5.81. The summed E-state index contributed by atoms with van der Waals surface area (Å²) in [6, 6.07) is 3.56. The minimum atomic E-state index is -2.82. The Hall–Kier alpha value is -1.98. The van der Waals surface area contributed by atoms with Gasteiger partial charge >= 0.3 is 0 Å². The Morgan fingerprint density at radius 2 is 2.05 bits per heavy atom. The van der Waals surface area contributed by atoms with E-state index in [2.05, 4.69) is 15.3 Å². The maximum absolute atomic E-state index is 13.1. The quantitative estimate of drug-likeness (QED) is 0.888. The van der Waals surface area contributed by atoms with Gasteiger partial charge in [0.2, 0.25) is 0 Å². The van der Waals surface area contributed by atoms with E-state index < -0.39 is 17.8 Å². The molecule has 2 N–H and O–H groups in total. The molecule has 0 atom stereocenters. The molecule has 102 valence electrons. The molecule has 6 heteroatoms. The lowest BCUT2D eigenvalue weighted by molar-refractivity contribution is 0.146. The Morgan fingerprint density at radius 1 is 1.32 bits per heavy atom. The highest BCUT2D eigenvalue weighted by atomic mass is 19.3. The van der Waals surface area contributed by atoms with Crippen molar-refractivity contribution in [2.75, 3.05) is 5.32 Å². The van der Waals surface area contributed by atoms with Gasteiger partial charge in [-0.2, -0.15) is 0 Å². The van der Waals surface area contributed by atoms with Crippen LogP contribution >= 0.6 is 0 Å². The third-order valence-corrected chi connectivity index (χ3v) is 2.87. The van der Waals surface area contributed by atoms with Gasteiger partial charge in [-0.3, -0.25) is 0 Å². The van der Waals surface area contributed by atoms with E-state index in [1.807, 2.05) is 13.8 Å². The minimum Gasteiger partial charge on any atom is -0.378 e. The van der Waals surface area contributed by atoms with Gasteiger partial charge in [0.15, 0.2) is 0 Å². The van der Waals surface area contributed by atoms with Crippen LogP contribution in [0, 0.1) is 19.7 Å². The SMILES string of the molecule is Cc1nc(CNc2ccc(F)c(C(F)F)c2)[nH]c1C. The molecule has 0 unspecified atom stereocenters. The van der Waals surface area contributed by atoms with Gasteiger partial charge in [-0.15, -0.1) is 0 Å². The molecule has 0 saturated heterocycles. The Balaban J connectivity index is 2.09. The zero-order chi connectivity index (χ0) is 14.0. The number of aromatic nitrogens is 2. The number of imidazole rings is 1. The summed E-state index contributed by atoms with van der Waals surface area (Å²) in [7, 11) is 0. The zero-order valence-electron chi connectivity index (χ0n) is 10.6. The highest BCUT2D eigenvalue weighted by Crippen LogP contribution is 2.25. The zero-order valence-corrected chi connectivity index (χ0v) is 10.6. The van der Waals surface area contributed by atoms with Crippen molar-refractivity contribution < 1.29 is 13.2 Å².